The number of carboxylic acid groups (broad SMARTS) is 1. The number of ether oxygens (including phenoxy) is 1. The van der Waals surface area contributed by atoms with Crippen molar-refractivity contribution in [1.82, 2.24) is 4.90 Å². The molecule has 1 aromatic carbocycles. The Morgan fingerprint density at radius 3 is 2.35 bits per heavy atom. The molecule has 1 amide bonds. The van der Waals surface area contributed by atoms with Crippen molar-refractivity contribution < 1.29 is 19.4 Å². The van der Waals surface area contributed by atoms with Gasteiger partial charge in [0.25, 0.3) is 5.91 Å². The Balaban J connectivity index is 1.92. The molecule has 3 rings (SSSR count). The number of rotatable bonds is 2. The van der Waals surface area contributed by atoms with Crippen molar-refractivity contribution in [1.29, 1.82) is 0 Å². The van der Waals surface area contributed by atoms with E-state index >= 15 is 0 Å². The Hall–Kier alpha value is -1.88. The maximum absolute atomic E-state index is 13.3. The second-order valence-electron chi connectivity index (χ2n) is 8.74. The fraction of sp³-hybridized carbons (Fsp3) is 0.619. The molecule has 1 spiro atoms. The number of nitrogens with zero attached hydrogens (tertiary/aromatic N) is 1. The maximum atomic E-state index is 13.3. The van der Waals surface area contributed by atoms with E-state index in [2.05, 4.69) is 20.8 Å². The monoisotopic (exact) mass is 359 g/mol. The zero-order valence-electron chi connectivity index (χ0n) is 16.1. The molecule has 1 heterocycles. The molecule has 0 bridgehead atoms. The van der Waals surface area contributed by atoms with Crippen LogP contribution >= 0.6 is 0 Å². The minimum atomic E-state index is -0.998. The van der Waals surface area contributed by atoms with Gasteiger partial charge >= 0.3 is 5.97 Å². The number of carbonyl (C=O) groups excluding carboxylic acids is 1. The van der Waals surface area contributed by atoms with Gasteiger partial charge in [-0.15, -0.1) is 0 Å². The van der Waals surface area contributed by atoms with Crippen LogP contribution < -0.4 is 0 Å². The van der Waals surface area contributed by atoms with Crippen molar-refractivity contribution in [3.8, 4) is 0 Å². The second kappa shape index (κ2) is 6.69. The van der Waals surface area contributed by atoms with E-state index in [9.17, 15) is 14.7 Å². The molecule has 5 nitrogen and oxygen atoms in total. The molecule has 142 valence electrons. The number of hydrogen-bond donors (Lipinski definition) is 1. The lowest BCUT2D eigenvalue weighted by Crippen LogP contribution is -2.55. The number of hydrogen-bond acceptors (Lipinski definition) is 3. The molecule has 1 saturated heterocycles. The smallest absolute Gasteiger partial charge is 0.328 e. The highest BCUT2D eigenvalue weighted by molar-refractivity contribution is 5.98. The molecule has 1 atom stereocenters. The molecule has 2 aliphatic rings. The minimum absolute atomic E-state index is 0.0626. The van der Waals surface area contributed by atoms with Crippen molar-refractivity contribution in [2.45, 2.75) is 65.1 Å². The van der Waals surface area contributed by atoms with Gasteiger partial charge in [-0.05, 0) is 55.6 Å². The van der Waals surface area contributed by atoms with E-state index in [0.29, 0.717) is 24.3 Å². The summed E-state index contributed by atoms with van der Waals surface area (Å²) in [7, 11) is 0. The Morgan fingerprint density at radius 2 is 1.81 bits per heavy atom. The van der Waals surface area contributed by atoms with Gasteiger partial charge in [-0.3, -0.25) is 9.69 Å². The Kier molecular flexibility index (Phi) is 4.86. The highest BCUT2D eigenvalue weighted by Gasteiger charge is 2.54. The molecular formula is C21H29NO4. The van der Waals surface area contributed by atoms with E-state index < -0.39 is 17.7 Å². The Morgan fingerprint density at radius 1 is 1.19 bits per heavy atom. The lowest BCUT2D eigenvalue weighted by atomic mass is 9.70. The summed E-state index contributed by atoms with van der Waals surface area (Å²) in [6, 6.07) is 6.42. The zero-order chi connectivity index (χ0) is 19.1. The van der Waals surface area contributed by atoms with Crippen molar-refractivity contribution >= 4 is 11.9 Å². The summed E-state index contributed by atoms with van der Waals surface area (Å²) >= 11 is 0. The van der Waals surface area contributed by atoms with E-state index in [-0.39, 0.29) is 17.9 Å². The molecule has 1 aliphatic carbocycles. The number of amides is 1. The van der Waals surface area contributed by atoms with E-state index in [0.717, 1.165) is 18.4 Å². The van der Waals surface area contributed by atoms with Crippen LogP contribution in [0, 0.1) is 18.3 Å². The normalized spacial score (nSPS) is 29.2. The first-order valence-corrected chi connectivity index (χ1v) is 9.42. The molecule has 1 aromatic rings. The SMILES string of the molecule is Cc1ccccc1C(=O)N1C(C(=O)O)COC12CCC(C(C)(C)C)CC2. The average Bonchev–Trinajstić information content (AvgIpc) is 2.93. The standard InChI is InChI=1S/C21H29NO4/c1-14-7-5-6-8-16(14)18(23)22-17(19(24)25)13-26-21(22)11-9-15(10-12-21)20(2,3)4/h5-8,15,17H,9-13H2,1-4H3,(H,24,25). The third-order valence-corrected chi connectivity index (χ3v) is 6.13. The lowest BCUT2D eigenvalue weighted by molar-refractivity contribution is -0.144. The first-order valence-electron chi connectivity index (χ1n) is 9.42. The molecule has 5 heteroatoms. The largest absolute Gasteiger partial charge is 0.480 e. The van der Waals surface area contributed by atoms with Crippen LogP contribution in [0.3, 0.4) is 0 Å². The molecule has 26 heavy (non-hydrogen) atoms. The van der Waals surface area contributed by atoms with Gasteiger partial charge < -0.3 is 9.84 Å². The van der Waals surface area contributed by atoms with Crippen molar-refractivity contribution in [3.05, 3.63) is 35.4 Å². The van der Waals surface area contributed by atoms with E-state index in [4.69, 9.17) is 4.74 Å². The molecule has 1 unspecified atom stereocenters. The first-order chi connectivity index (χ1) is 12.2. The van der Waals surface area contributed by atoms with Gasteiger partial charge in [0.2, 0.25) is 0 Å². The summed E-state index contributed by atoms with van der Waals surface area (Å²) in [5.41, 5.74) is 0.829. The maximum Gasteiger partial charge on any atom is 0.328 e. The quantitative estimate of drug-likeness (QED) is 0.871. The summed E-state index contributed by atoms with van der Waals surface area (Å²) in [6.07, 6.45) is 3.26. The van der Waals surface area contributed by atoms with Gasteiger partial charge in [0.1, 0.15) is 5.72 Å². The van der Waals surface area contributed by atoms with Crippen LogP contribution in [0.5, 0.6) is 0 Å². The zero-order valence-corrected chi connectivity index (χ0v) is 16.1. The molecule has 0 radical (unpaired) electrons. The van der Waals surface area contributed by atoms with E-state index in [1.807, 2.05) is 25.1 Å². The Bertz CT molecular complexity index is 698. The fourth-order valence-electron chi connectivity index (χ4n) is 4.43. The third-order valence-electron chi connectivity index (χ3n) is 6.13. The molecule has 2 fully saturated rings. The van der Waals surface area contributed by atoms with Crippen LogP contribution in [0.25, 0.3) is 0 Å². The molecule has 1 N–H and O–H groups in total. The van der Waals surface area contributed by atoms with Gasteiger partial charge in [0, 0.05) is 5.56 Å². The second-order valence-corrected chi connectivity index (χ2v) is 8.74. The summed E-state index contributed by atoms with van der Waals surface area (Å²) < 4.78 is 6.04. The van der Waals surface area contributed by atoms with Crippen molar-refractivity contribution in [2.75, 3.05) is 6.61 Å². The highest BCUT2D eigenvalue weighted by Crippen LogP contribution is 2.47. The topological polar surface area (TPSA) is 66.8 Å². The average molecular weight is 359 g/mol. The first kappa shape index (κ1) is 18.9. The lowest BCUT2D eigenvalue weighted by Gasteiger charge is -2.46. The highest BCUT2D eigenvalue weighted by atomic mass is 16.5. The van der Waals surface area contributed by atoms with Crippen LogP contribution in [-0.2, 0) is 9.53 Å². The number of aryl methyl sites for hydroxylation is 1. The summed E-state index contributed by atoms with van der Waals surface area (Å²) in [5.74, 6) is -0.681. The minimum Gasteiger partial charge on any atom is -0.480 e. The van der Waals surface area contributed by atoms with Crippen molar-refractivity contribution in [3.63, 3.8) is 0 Å². The molecule has 0 aromatic heterocycles. The summed E-state index contributed by atoms with van der Waals surface area (Å²) in [6.45, 7) is 8.65. The Labute approximate surface area is 155 Å². The summed E-state index contributed by atoms with van der Waals surface area (Å²) in [4.78, 5) is 26.6. The van der Waals surface area contributed by atoms with E-state index in [1.165, 1.54) is 4.90 Å². The van der Waals surface area contributed by atoms with Crippen LogP contribution in [0.15, 0.2) is 24.3 Å². The molecular weight excluding hydrogens is 330 g/mol. The number of aliphatic carboxylic acids is 1. The third kappa shape index (κ3) is 3.25. The van der Waals surface area contributed by atoms with Gasteiger partial charge in [-0.1, -0.05) is 39.0 Å². The summed E-state index contributed by atoms with van der Waals surface area (Å²) in [5, 5.41) is 9.67. The fourth-order valence-corrected chi connectivity index (χ4v) is 4.43. The molecule has 1 saturated carbocycles. The van der Waals surface area contributed by atoms with Crippen molar-refractivity contribution in [2.24, 2.45) is 11.3 Å². The number of benzene rings is 1. The predicted octanol–water partition coefficient (Wildman–Crippen LogP) is 3.85. The van der Waals surface area contributed by atoms with Gasteiger partial charge in [-0.2, -0.15) is 0 Å². The predicted molar refractivity (Wildman–Crippen MR) is 98.9 cm³/mol. The van der Waals surface area contributed by atoms with Gasteiger partial charge in [0.15, 0.2) is 6.04 Å². The molecule has 1 aliphatic heterocycles. The van der Waals surface area contributed by atoms with Crippen LogP contribution in [0.4, 0.5) is 0 Å². The van der Waals surface area contributed by atoms with Gasteiger partial charge in [0.05, 0.1) is 6.61 Å². The number of carboxylic acids is 1. The van der Waals surface area contributed by atoms with Crippen LogP contribution in [0.1, 0.15) is 62.4 Å². The van der Waals surface area contributed by atoms with Crippen LogP contribution in [-0.4, -0.2) is 40.3 Å². The van der Waals surface area contributed by atoms with E-state index in [1.54, 1.807) is 6.07 Å². The number of carbonyl (C=O) groups is 2. The van der Waals surface area contributed by atoms with Crippen LogP contribution in [0.2, 0.25) is 0 Å². The van der Waals surface area contributed by atoms with Gasteiger partial charge in [-0.25, -0.2) is 4.79 Å².